The predicted octanol–water partition coefficient (Wildman–Crippen LogP) is 4.52. The molecule has 0 bridgehead atoms. The van der Waals surface area contributed by atoms with E-state index >= 15 is 0 Å². The molecule has 0 spiro atoms. The minimum absolute atomic E-state index is 0.0728. The summed E-state index contributed by atoms with van der Waals surface area (Å²) < 4.78 is 0. The van der Waals surface area contributed by atoms with E-state index in [1.54, 1.807) is 6.07 Å². The van der Waals surface area contributed by atoms with Crippen LogP contribution in [0.2, 0.25) is 0 Å². The molecule has 1 nitrogen and oxygen atoms in total. The standard InChI is InChI=1S/C17H19ClO/c1-2-17(13-18,15-8-4-3-5-9-15)12-14-7-6-10-16(19)11-14/h3-11,19H,2,12-13H2,1H3. The minimum Gasteiger partial charge on any atom is -0.508 e. The molecular formula is C17H19ClO. The van der Waals surface area contributed by atoms with Crippen LogP contribution in [0.5, 0.6) is 5.75 Å². The summed E-state index contributed by atoms with van der Waals surface area (Å²) in [5.74, 6) is 0.883. The summed E-state index contributed by atoms with van der Waals surface area (Å²) in [5.41, 5.74) is 2.30. The zero-order valence-electron chi connectivity index (χ0n) is 11.1. The first-order chi connectivity index (χ1) is 9.20. The molecule has 2 rings (SSSR count). The molecule has 0 saturated carbocycles. The third kappa shape index (κ3) is 3.10. The van der Waals surface area contributed by atoms with Gasteiger partial charge in [0.2, 0.25) is 0 Å². The molecule has 2 heteroatoms. The third-order valence-electron chi connectivity index (χ3n) is 3.77. The van der Waals surface area contributed by atoms with E-state index < -0.39 is 0 Å². The summed E-state index contributed by atoms with van der Waals surface area (Å²) in [4.78, 5) is 0. The second-order valence-corrected chi connectivity index (χ2v) is 5.25. The second-order valence-electron chi connectivity index (χ2n) is 4.98. The molecule has 1 N–H and O–H groups in total. The van der Waals surface area contributed by atoms with Crippen LogP contribution in [0.3, 0.4) is 0 Å². The van der Waals surface area contributed by atoms with Crippen LogP contribution in [0.4, 0.5) is 0 Å². The van der Waals surface area contributed by atoms with E-state index in [4.69, 9.17) is 11.6 Å². The topological polar surface area (TPSA) is 20.2 Å². The SMILES string of the molecule is CCC(CCl)(Cc1cccc(O)c1)c1ccccc1. The highest BCUT2D eigenvalue weighted by Crippen LogP contribution is 2.34. The van der Waals surface area contributed by atoms with E-state index in [9.17, 15) is 5.11 Å². The van der Waals surface area contributed by atoms with Crippen molar-refractivity contribution in [1.29, 1.82) is 0 Å². The fourth-order valence-electron chi connectivity index (χ4n) is 2.50. The molecule has 0 saturated heterocycles. The van der Waals surface area contributed by atoms with Crippen molar-refractivity contribution < 1.29 is 5.11 Å². The van der Waals surface area contributed by atoms with Crippen LogP contribution in [-0.4, -0.2) is 11.0 Å². The first kappa shape index (κ1) is 14.0. The molecule has 1 unspecified atom stereocenters. The molecule has 0 aromatic heterocycles. The zero-order chi connectivity index (χ0) is 13.7. The van der Waals surface area contributed by atoms with Gasteiger partial charge in [-0.05, 0) is 36.1 Å². The summed E-state index contributed by atoms with van der Waals surface area (Å²) >= 11 is 6.29. The Morgan fingerprint density at radius 2 is 1.79 bits per heavy atom. The first-order valence-electron chi connectivity index (χ1n) is 6.59. The van der Waals surface area contributed by atoms with E-state index in [0.717, 1.165) is 18.4 Å². The van der Waals surface area contributed by atoms with E-state index in [1.165, 1.54) is 5.56 Å². The van der Waals surface area contributed by atoms with Crippen LogP contribution in [0.1, 0.15) is 24.5 Å². The van der Waals surface area contributed by atoms with Crippen molar-refractivity contribution in [3.05, 3.63) is 65.7 Å². The maximum absolute atomic E-state index is 9.59. The van der Waals surface area contributed by atoms with Gasteiger partial charge in [0.05, 0.1) is 0 Å². The van der Waals surface area contributed by atoms with Crippen LogP contribution in [0, 0.1) is 0 Å². The van der Waals surface area contributed by atoms with Crippen LogP contribution < -0.4 is 0 Å². The molecule has 2 aromatic carbocycles. The molecule has 2 aromatic rings. The van der Waals surface area contributed by atoms with Gasteiger partial charge in [-0.15, -0.1) is 11.6 Å². The number of phenols is 1. The Hall–Kier alpha value is -1.47. The number of hydrogen-bond donors (Lipinski definition) is 1. The van der Waals surface area contributed by atoms with Crippen molar-refractivity contribution in [1.82, 2.24) is 0 Å². The zero-order valence-corrected chi connectivity index (χ0v) is 11.9. The quantitative estimate of drug-likeness (QED) is 0.795. The maximum atomic E-state index is 9.59. The largest absolute Gasteiger partial charge is 0.508 e. The minimum atomic E-state index is -0.0728. The monoisotopic (exact) mass is 274 g/mol. The van der Waals surface area contributed by atoms with Gasteiger partial charge in [0, 0.05) is 11.3 Å². The van der Waals surface area contributed by atoms with Gasteiger partial charge in [-0.3, -0.25) is 0 Å². The fraction of sp³-hybridized carbons (Fsp3) is 0.294. The van der Waals surface area contributed by atoms with Crippen LogP contribution in [-0.2, 0) is 11.8 Å². The van der Waals surface area contributed by atoms with Crippen molar-refractivity contribution in [3.8, 4) is 5.75 Å². The average Bonchev–Trinajstić information content (AvgIpc) is 2.46. The maximum Gasteiger partial charge on any atom is 0.115 e. The molecule has 0 fully saturated rings. The normalized spacial score (nSPS) is 14.0. The molecule has 1 atom stereocenters. The molecule has 0 radical (unpaired) electrons. The van der Waals surface area contributed by atoms with Crippen molar-refractivity contribution >= 4 is 11.6 Å². The Balaban J connectivity index is 2.35. The molecule has 0 heterocycles. The Bertz CT molecular complexity index is 518. The van der Waals surface area contributed by atoms with Crippen LogP contribution in [0.25, 0.3) is 0 Å². The Kier molecular flexibility index (Phi) is 4.49. The molecule has 0 aliphatic heterocycles. The molecular weight excluding hydrogens is 256 g/mol. The van der Waals surface area contributed by atoms with E-state index in [2.05, 4.69) is 31.2 Å². The van der Waals surface area contributed by atoms with Crippen molar-refractivity contribution in [3.63, 3.8) is 0 Å². The summed E-state index contributed by atoms with van der Waals surface area (Å²) in [6.45, 7) is 2.16. The van der Waals surface area contributed by atoms with Gasteiger partial charge in [-0.1, -0.05) is 49.4 Å². The number of hydrogen-bond acceptors (Lipinski definition) is 1. The van der Waals surface area contributed by atoms with Crippen LogP contribution >= 0.6 is 11.6 Å². The Morgan fingerprint density at radius 3 is 2.37 bits per heavy atom. The number of phenolic OH excluding ortho intramolecular Hbond substituents is 1. The van der Waals surface area contributed by atoms with Gasteiger partial charge in [0.1, 0.15) is 5.75 Å². The number of rotatable bonds is 5. The van der Waals surface area contributed by atoms with Crippen molar-refractivity contribution in [2.75, 3.05) is 5.88 Å². The average molecular weight is 275 g/mol. The summed E-state index contributed by atoms with van der Waals surface area (Å²) in [6.07, 6.45) is 1.81. The van der Waals surface area contributed by atoms with Gasteiger partial charge in [0.25, 0.3) is 0 Å². The summed E-state index contributed by atoms with van der Waals surface area (Å²) in [7, 11) is 0. The van der Waals surface area contributed by atoms with Gasteiger partial charge in [-0.2, -0.15) is 0 Å². The highest BCUT2D eigenvalue weighted by atomic mass is 35.5. The van der Waals surface area contributed by atoms with Crippen molar-refractivity contribution in [2.24, 2.45) is 0 Å². The number of aromatic hydroxyl groups is 1. The summed E-state index contributed by atoms with van der Waals surface area (Å²) in [5, 5.41) is 9.59. The lowest BCUT2D eigenvalue weighted by atomic mass is 9.75. The van der Waals surface area contributed by atoms with Crippen molar-refractivity contribution in [2.45, 2.75) is 25.2 Å². The molecule has 19 heavy (non-hydrogen) atoms. The summed E-state index contributed by atoms with van der Waals surface area (Å²) in [6, 6.07) is 17.8. The van der Waals surface area contributed by atoms with E-state index in [-0.39, 0.29) is 5.41 Å². The molecule has 100 valence electrons. The molecule has 0 amide bonds. The predicted molar refractivity (Wildman–Crippen MR) is 80.9 cm³/mol. The smallest absolute Gasteiger partial charge is 0.115 e. The molecule has 0 aliphatic carbocycles. The van der Waals surface area contributed by atoms with Gasteiger partial charge < -0.3 is 5.11 Å². The number of halogens is 1. The van der Waals surface area contributed by atoms with Gasteiger partial charge >= 0.3 is 0 Å². The van der Waals surface area contributed by atoms with Gasteiger partial charge in [0.15, 0.2) is 0 Å². The lowest BCUT2D eigenvalue weighted by Crippen LogP contribution is -2.30. The second kappa shape index (κ2) is 6.12. The number of alkyl halides is 1. The fourth-order valence-corrected chi connectivity index (χ4v) is 2.94. The van der Waals surface area contributed by atoms with E-state index in [1.807, 2.05) is 24.3 Å². The van der Waals surface area contributed by atoms with Crippen LogP contribution in [0.15, 0.2) is 54.6 Å². The molecule has 0 aliphatic rings. The highest BCUT2D eigenvalue weighted by molar-refractivity contribution is 6.18. The third-order valence-corrected chi connectivity index (χ3v) is 4.28. The lowest BCUT2D eigenvalue weighted by Gasteiger charge is -2.31. The Labute approximate surface area is 119 Å². The highest BCUT2D eigenvalue weighted by Gasteiger charge is 2.29. The Morgan fingerprint density at radius 1 is 1.05 bits per heavy atom. The number of benzene rings is 2. The van der Waals surface area contributed by atoms with E-state index in [0.29, 0.717) is 11.6 Å². The first-order valence-corrected chi connectivity index (χ1v) is 7.13. The lowest BCUT2D eigenvalue weighted by molar-refractivity contribution is 0.452. The van der Waals surface area contributed by atoms with Gasteiger partial charge in [-0.25, -0.2) is 0 Å².